The van der Waals surface area contributed by atoms with Crippen LogP contribution in [0, 0.1) is 13.8 Å². The lowest BCUT2D eigenvalue weighted by Gasteiger charge is -2.15. The van der Waals surface area contributed by atoms with Gasteiger partial charge in [-0.05, 0) is 122 Å². The van der Waals surface area contributed by atoms with Crippen LogP contribution in [-0.4, -0.2) is 15.0 Å². The first-order valence-electron chi connectivity index (χ1n) is 19.8. The van der Waals surface area contributed by atoms with E-state index in [9.17, 15) is 0 Å². The number of nitrogens with zero attached hydrogens (tertiary/aromatic N) is 3. The van der Waals surface area contributed by atoms with Crippen LogP contribution in [0.15, 0.2) is 200 Å². The molecule has 58 heavy (non-hydrogen) atoms. The molecule has 0 fully saturated rings. The molecule has 0 amide bonds. The van der Waals surface area contributed by atoms with Gasteiger partial charge in [0.25, 0.3) is 0 Å². The lowest BCUT2D eigenvalue weighted by Crippen LogP contribution is -1.97. The molecule has 0 aliphatic rings. The largest absolute Gasteiger partial charge is 0.258 e. The first kappa shape index (κ1) is 35.0. The van der Waals surface area contributed by atoms with Crippen molar-refractivity contribution in [3.05, 3.63) is 212 Å². The zero-order valence-corrected chi connectivity index (χ0v) is 32.4. The smallest absolute Gasteiger partial charge is 0.160 e. The number of hydrogen-bond acceptors (Lipinski definition) is 3. The summed E-state index contributed by atoms with van der Waals surface area (Å²) in [5, 5.41) is 4.91. The maximum absolute atomic E-state index is 5.26. The number of benzene rings is 8. The highest BCUT2D eigenvalue weighted by Gasteiger charge is 2.16. The Labute approximate surface area is 339 Å². The van der Waals surface area contributed by atoms with Gasteiger partial charge in [0.15, 0.2) is 5.82 Å². The second-order valence-electron chi connectivity index (χ2n) is 15.0. The Bertz CT molecular complexity index is 3020. The molecule has 8 aromatic carbocycles. The first-order chi connectivity index (χ1) is 28.5. The lowest BCUT2D eigenvalue weighted by atomic mass is 9.90. The van der Waals surface area contributed by atoms with Crippen molar-refractivity contribution in [3.63, 3.8) is 0 Å². The van der Waals surface area contributed by atoms with Crippen molar-refractivity contribution < 1.29 is 0 Å². The van der Waals surface area contributed by atoms with Crippen LogP contribution in [0.1, 0.15) is 11.4 Å². The van der Waals surface area contributed by atoms with Crippen molar-refractivity contribution in [3.8, 4) is 78.4 Å². The van der Waals surface area contributed by atoms with Gasteiger partial charge in [-0.25, -0.2) is 9.97 Å². The molecule has 0 N–H and O–H groups in total. The van der Waals surface area contributed by atoms with Gasteiger partial charge in [0, 0.05) is 28.1 Å². The third kappa shape index (κ3) is 6.84. The van der Waals surface area contributed by atoms with Gasteiger partial charge in [-0.3, -0.25) is 4.98 Å². The fraction of sp³-hybridized carbons (Fsp3) is 0.0364. The molecular formula is C55H39N3. The molecule has 10 aromatic rings. The summed E-state index contributed by atoms with van der Waals surface area (Å²) < 4.78 is 0. The van der Waals surface area contributed by atoms with E-state index in [4.69, 9.17) is 9.97 Å². The van der Waals surface area contributed by atoms with Gasteiger partial charge in [-0.1, -0.05) is 158 Å². The van der Waals surface area contributed by atoms with Gasteiger partial charge in [0.05, 0.1) is 11.4 Å². The molecule has 0 unspecified atom stereocenters. The van der Waals surface area contributed by atoms with Gasteiger partial charge in [0.1, 0.15) is 0 Å². The minimum absolute atomic E-state index is 0.685. The predicted molar refractivity (Wildman–Crippen MR) is 242 cm³/mol. The number of pyridine rings is 1. The summed E-state index contributed by atoms with van der Waals surface area (Å²) in [5.74, 6) is 0.685. The number of aryl methyl sites for hydroxylation is 2. The fourth-order valence-corrected chi connectivity index (χ4v) is 8.17. The van der Waals surface area contributed by atoms with Crippen LogP contribution in [0.2, 0.25) is 0 Å². The van der Waals surface area contributed by atoms with Crippen LogP contribution in [0.4, 0.5) is 0 Å². The molecule has 3 nitrogen and oxygen atoms in total. The van der Waals surface area contributed by atoms with E-state index in [-0.39, 0.29) is 0 Å². The third-order valence-corrected chi connectivity index (χ3v) is 11.0. The van der Waals surface area contributed by atoms with Crippen molar-refractivity contribution in [1.82, 2.24) is 15.0 Å². The van der Waals surface area contributed by atoms with Gasteiger partial charge in [-0.2, -0.15) is 0 Å². The van der Waals surface area contributed by atoms with Gasteiger partial charge in [-0.15, -0.1) is 0 Å². The highest BCUT2D eigenvalue weighted by Crippen LogP contribution is 2.40. The van der Waals surface area contributed by atoms with Gasteiger partial charge in [0.2, 0.25) is 0 Å². The monoisotopic (exact) mass is 741 g/mol. The number of fused-ring (bicyclic) bond motifs is 3. The second kappa shape index (κ2) is 14.9. The zero-order valence-electron chi connectivity index (χ0n) is 32.4. The standard InChI is InChI=1S/C55H39N3/c1-36-29-45(30-37(2)56-36)40-25-21-38(22-26-40)39-23-27-41(28-24-39)46-31-47(52-34-44-17-9-10-18-49(44)50-19-11-12-20-51(50)52)33-48(32-46)55-57-53(42-13-5-3-6-14-42)35-54(58-55)43-15-7-4-8-16-43/h3-35H,1-2H3. The molecule has 0 spiro atoms. The average Bonchev–Trinajstić information content (AvgIpc) is 3.29. The molecule has 0 aliphatic carbocycles. The van der Waals surface area contributed by atoms with Crippen LogP contribution < -0.4 is 0 Å². The second-order valence-corrected chi connectivity index (χ2v) is 15.0. The van der Waals surface area contributed by atoms with E-state index < -0.39 is 0 Å². The minimum Gasteiger partial charge on any atom is -0.258 e. The molecule has 274 valence electrons. The average molecular weight is 742 g/mol. The van der Waals surface area contributed by atoms with Gasteiger partial charge >= 0.3 is 0 Å². The van der Waals surface area contributed by atoms with Crippen molar-refractivity contribution >= 4 is 21.5 Å². The first-order valence-corrected chi connectivity index (χ1v) is 19.8. The van der Waals surface area contributed by atoms with Crippen molar-refractivity contribution in [2.45, 2.75) is 13.8 Å². The number of hydrogen-bond donors (Lipinski definition) is 0. The molecule has 0 aliphatic heterocycles. The summed E-state index contributed by atoms with van der Waals surface area (Å²) in [4.78, 5) is 15.1. The topological polar surface area (TPSA) is 38.7 Å². The molecule has 2 heterocycles. The summed E-state index contributed by atoms with van der Waals surface area (Å²) in [5.41, 5.74) is 16.1. The van der Waals surface area contributed by atoms with E-state index in [0.29, 0.717) is 5.82 Å². The maximum atomic E-state index is 5.26. The van der Waals surface area contributed by atoms with E-state index in [0.717, 1.165) is 56.2 Å². The summed E-state index contributed by atoms with van der Waals surface area (Å²) >= 11 is 0. The fourth-order valence-electron chi connectivity index (χ4n) is 8.17. The van der Waals surface area contributed by atoms with Crippen molar-refractivity contribution in [1.29, 1.82) is 0 Å². The molecule has 0 saturated heterocycles. The SMILES string of the molecule is Cc1cc(-c2ccc(-c3ccc(-c4cc(-c5nc(-c6ccccc6)cc(-c6ccccc6)n5)cc(-c5cc6ccccc6c6ccccc56)c4)cc3)cc2)cc(C)n1. The van der Waals surface area contributed by atoms with Crippen LogP contribution in [0.25, 0.3) is 100.0 Å². The Balaban J connectivity index is 1.13. The quantitative estimate of drug-likeness (QED) is 0.153. The summed E-state index contributed by atoms with van der Waals surface area (Å²) in [7, 11) is 0. The van der Waals surface area contributed by atoms with E-state index >= 15 is 0 Å². The molecule has 3 heteroatoms. The van der Waals surface area contributed by atoms with E-state index in [1.165, 1.54) is 49.4 Å². The Kier molecular flexibility index (Phi) is 8.96. The Morgan fingerprint density at radius 1 is 0.276 bits per heavy atom. The highest BCUT2D eigenvalue weighted by molar-refractivity contribution is 6.14. The summed E-state index contributed by atoms with van der Waals surface area (Å²) in [6.45, 7) is 4.10. The molecular weight excluding hydrogens is 703 g/mol. The van der Waals surface area contributed by atoms with Gasteiger partial charge < -0.3 is 0 Å². The molecule has 0 saturated carbocycles. The molecule has 10 rings (SSSR count). The highest BCUT2D eigenvalue weighted by atomic mass is 14.9. The summed E-state index contributed by atoms with van der Waals surface area (Å²) in [6, 6.07) is 71.4. The molecule has 0 radical (unpaired) electrons. The van der Waals surface area contributed by atoms with Crippen molar-refractivity contribution in [2.75, 3.05) is 0 Å². The Morgan fingerprint density at radius 3 is 1.28 bits per heavy atom. The maximum Gasteiger partial charge on any atom is 0.160 e. The molecule has 0 bridgehead atoms. The number of rotatable bonds is 7. The van der Waals surface area contributed by atoms with E-state index in [1.807, 2.05) is 26.0 Å². The minimum atomic E-state index is 0.685. The summed E-state index contributed by atoms with van der Waals surface area (Å²) in [6.07, 6.45) is 0. The molecule has 2 aromatic heterocycles. The van der Waals surface area contributed by atoms with Crippen LogP contribution >= 0.6 is 0 Å². The number of aromatic nitrogens is 3. The van der Waals surface area contributed by atoms with Crippen LogP contribution in [0.5, 0.6) is 0 Å². The van der Waals surface area contributed by atoms with Crippen LogP contribution in [-0.2, 0) is 0 Å². The third-order valence-electron chi connectivity index (χ3n) is 11.0. The molecule has 0 atom stereocenters. The normalized spacial score (nSPS) is 11.3. The lowest BCUT2D eigenvalue weighted by molar-refractivity contribution is 1.12. The van der Waals surface area contributed by atoms with E-state index in [2.05, 4.69) is 193 Å². The Hall–Kier alpha value is -7.49. The van der Waals surface area contributed by atoms with E-state index in [1.54, 1.807) is 0 Å². The zero-order chi connectivity index (χ0) is 39.0. The van der Waals surface area contributed by atoms with Crippen molar-refractivity contribution in [2.24, 2.45) is 0 Å². The van der Waals surface area contributed by atoms with Crippen LogP contribution in [0.3, 0.4) is 0 Å². The Morgan fingerprint density at radius 2 is 0.707 bits per heavy atom. The predicted octanol–water partition coefficient (Wildman–Crippen LogP) is 14.5.